The zero-order valence-corrected chi connectivity index (χ0v) is 10.9. The molecule has 1 aliphatic heterocycles. The van der Waals surface area contributed by atoms with Gasteiger partial charge in [0.15, 0.2) is 0 Å². The number of rotatable bonds is 3. The predicted molar refractivity (Wildman–Crippen MR) is 60.7 cm³/mol. The van der Waals surface area contributed by atoms with Gasteiger partial charge in [-0.3, -0.25) is 0 Å². The maximum atomic E-state index is 12.1. The third-order valence-electron chi connectivity index (χ3n) is 2.60. The van der Waals surface area contributed by atoms with Gasteiger partial charge in [-0.05, 0) is 20.8 Å². The Labute approximate surface area is 96.6 Å². The molecular weight excluding hydrogens is 238 g/mol. The van der Waals surface area contributed by atoms with Crippen LogP contribution in [-0.4, -0.2) is 49.2 Å². The summed E-state index contributed by atoms with van der Waals surface area (Å²) in [6, 6.07) is -0.100. The molecule has 0 aliphatic carbocycles. The minimum Gasteiger partial charge on any atom is -0.375 e. The molecule has 0 radical (unpaired) electrons. The van der Waals surface area contributed by atoms with Gasteiger partial charge < -0.3 is 4.74 Å². The maximum absolute atomic E-state index is 12.1. The van der Waals surface area contributed by atoms with Crippen LogP contribution in [0.25, 0.3) is 0 Å². The number of ether oxygens (including phenoxy) is 1. The van der Waals surface area contributed by atoms with Gasteiger partial charge in [0.05, 0.1) is 18.0 Å². The quantitative estimate of drug-likeness (QED) is 0.709. The SMILES string of the molecule is CC1CN(S(=O)(=O)C(C)CCl)C(C)CO1. The number of sulfonamides is 1. The van der Waals surface area contributed by atoms with E-state index in [0.29, 0.717) is 13.2 Å². The van der Waals surface area contributed by atoms with Gasteiger partial charge in [-0.1, -0.05) is 0 Å². The molecule has 0 bridgehead atoms. The molecule has 1 saturated heterocycles. The highest BCUT2D eigenvalue weighted by atomic mass is 35.5. The van der Waals surface area contributed by atoms with Gasteiger partial charge >= 0.3 is 0 Å². The summed E-state index contributed by atoms with van der Waals surface area (Å²) in [4.78, 5) is 0. The Morgan fingerprint density at radius 2 is 2.13 bits per heavy atom. The molecule has 4 nitrogen and oxygen atoms in total. The van der Waals surface area contributed by atoms with Gasteiger partial charge in [0.1, 0.15) is 0 Å². The van der Waals surface area contributed by atoms with E-state index in [2.05, 4.69) is 0 Å². The summed E-state index contributed by atoms with van der Waals surface area (Å²) < 4.78 is 31.0. The summed E-state index contributed by atoms with van der Waals surface area (Å²) >= 11 is 5.60. The molecule has 6 heteroatoms. The van der Waals surface area contributed by atoms with Gasteiger partial charge in [0, 0.05) is 18.5 Å². The van der Waals surface area contributed by atoms with Crippen molar-refractivity contribution in [2.24, 2.45) is 0 Å². The number of hydrogen-bond donors (Lipinski definition) is 0. The van der Waals surface area contributed by atoms with Crippen molar-refractivity contribution >= 4 is 21.6 Å². The lowest BCUT2D eigenvalue weighted by atomic mass is 10.2. The lowest BCUT2D eigenvalue weighted by molar-refractivity contribution is -0.0172. The highest BCUT2D eigenvalue weighted by molar-refractivity contribution is 7.89. The van der Waals surface area contributed by atoms with E-state index >= 15 is 0 Å². The van der Waals surface area contributed by atoms with E-state index in [1.165, 1.54) is 4.31 Å². The maximum Gasteiger partial charge on any atom is 0.218 e. The fourth-order valence-corrected chi connectivity index (χ4v) is 3.62. The van der Waals surface area contributed by atoms with Gasteiger partial charge in [-0.15, -0.1) is 11.6 Å². The Balaban J connectivity index is 2.85. The number of nitrogens with zero attached hydrogens (tertiary/aromatic N) is 1. The smallest absolute Gasteiger partial charge is 0.218 e. The largest absolute Gasteiger partial charge is 0.375 e. The standard InChI is InChI=1S/C9H18ClNO3S/c1-7-6-14-8(2)5-11(7)15(12,13)9(3)4-10/h7-9H,4-6H2,1-3H3. The molecular formula is C9H18ClNO3S. The average Bonchev–Trinajstić information content (AvgIpc) is 2.20. The zero-order valence-electron chi connectivity index (χ0n) is 9.31. The molecule has 0 aromatic rings. The first-order valence-corrected chi connectivity index (χ1v) is 7.11. The van der Waals surface area contributed by atoms with Crippen LogP contribution in [0, 0.1) is 0 Å². The van der Waals surface area contributed by atoms with Crippen molar-refractivity contribution in [1.29, 1.82) is 0 Å². The molecule has 0 aromatic carbocycles. The molecule has 1 rings (SSSR count). The minimum absolute atomic E-state index is 0.0431. The topological polar surface area (TPSA) is 46.6 Å². The van der Waals surface area contributed by atoms with Crippen LogP contribution >= 0.6 is 11.6 Å². The molecule has 0 N–H and O–H groups in total. The molecule has 0 aromatic heterocycles. The molecule has 3 atom stereocenters. The van der Waals surface area contributed by atoms with Crippen LogP contribution in [0.2, 0.25) is 0 Å². The van der Waals surface area contributed by atoms with Gasteiger partial charge in [-0.25, -0.2) is 8.42 Å². The van der Waals surface area contributed by atoms with Gasteiger partial charge in [0.25, 0.3) is 0 Å². The summed E-state index contributed by atoms with van der Waals surface area (Å²) in [5, 5.41) is -0.535. The van der Waals surface area contributed by atoms with Crippen molar-refractivity contribution in [3.63, 3.8) is 0 Å². The molecule has 15 heavy (non-hydrogen) atoms. The second kappa shape index (κ2) is 4.99. The van der Waals surface area contributed by atoms with Crippen molar-refractivity contribution < 1.29 is 13.2 Å². The van der Waals surface area contributed by atoms with Crippen LogP contribution in [0.3, 0.4) is 0 Å². The van der Waals surface area contributed by atoms with Crippen LogP contribution in [-0.2, 0) is 14.8 Å². The summed E-state index contributed by atoms with van der Waals surface area (Å²) in [6.07, 6.45) is -0.0431. The molecule has 1 fully saturated rings. The van der Waals surface area contributed by atoms with Crippen molar-refractivity contribution in [3.05, 3.63) is 0 Å². The van der Waals surface area contributed by atoms with Crippen LogP contribution in [0.15, 0.2) is 0 Å². The first kappa shape index (κ1) is 13.2. The fraction of sp³-hybridized carbons (Fsp3) is 1.00. The van der Waals surface area contributed by atoms with Crippen molar-refractivity contribution in [2.75, 3.05) is 19.0 Å². The number of morpholine rings is 1. The van der Waals surface area contributed by atoms with Gasteiger partial charge in [-0.2, -0.15) is 4.31 Å². The first-order chi connectivity index (χ1) is 6.89. The normalized spacial score (nSPS) is 31.5. The first-order valence-electron chi connectivity index (χ1n) is 5.07. The Morgan fingerprint density at radius 1 is 1.53 bits per heavy atom. The molecule has 1 aliphatic rings. The van der Waals surface area contributed by atoms with E-state index in [1.807, 2.05) is 13.8 Å². The van der Waals surface area contributed by atoms with Crippen LogP contribution in [0.1, 0.15) is 20.8 Å². The number of hydrogen-bond acceptors (Lipinski definition) is 3. The van der Waals surface area contributed by atoms with E-state index in [1.54, 1.807) is 6.92 Å². The molecule has 90 valence electrons. The molecule has 0 saturated carbocycles. The summed E-state index contributed by atoms with van der Waals surface area (Å²) in [5.74, 6) is 0.126. The van der Waals surface area contributed by atoms with Crippen molar-refractivity contribution in [3.8, 4) is 0 Å². The Hall–Kier alpha value is 0.160. The average molecular weight is 256 g/mol. The Morgan fingerprint density at radius 3 is 2.67 bits per heavy atom. The van der Waals surface area contributed by atoms with Crippen LogP contribution in [0.4, 0.5) is 0 Å². The third kappa shape index (κ3) is 2.84. The van der Waals surface area contributed by atoms with Crippen molar-refractivity contribution in [2.45, 2.75) is 38.2 Å². The molecule has 1 heterocycles. The highest BCUT2D eigenvalue weighted by Crippen LogP contribution is 2.19. The second-order valence-corrected chi connectivity index (χ2v) is 6.68. The van der Waals surface area contributed by atoms with Gasteiger partial charge in [0.2, 0.25) is 10.0 Å². The molecule has 3 unspecified atom stereocenters. The predicted octanol–water partition coefficient (Wildman–Crippen LogP) is 1.05. The Kier molecular flexibility index (Phi) is 4.40. The van der Waals surface area contributed by atoms with E-state index in [-0.39, 0.29) is 18.0 Å². The third-order valence-corrected chi connectivity index (χ3v) is 5.60. The summed E-state index contributed by atoms with van der Waals surface area (Å²) in [6.45, 7) is 6.24. The number of halogens is 1. The minimum atomic E-state index is -3.27. The van der Waals surface area contributed by atoms with Crippen molar-refractivity contribution in [1.82, 2.24) is 4.31 Å². The number of alkyl halides is 1. The lowest BCUT2D eigenvalue weighted by Gasteiger charge is -2.37. The van der Waals surface area contributed by atoms with E-state index in [0.717, 1.165) is 0 Å². The molecule has 0 spiro atoms. The van der Waals surface area contributed by atoms with E-state index < -0.39 is 15.3 Å². The fourth-order valence-electron chi connectivity index (χ4n) is 1.54. The Bertz CT molecular complexity index is 306. The summed E-state index contributed by atoms with van der Waals surface area (Å²) in [7, 11) is -3.27. The van der Waals surface area contributed by atoms with Crippen LogP contribution in [0.5, 0.6) is 0 Å². The van der Waals surface area contributed by atoms with Crippen LogP contribution < -0.4 is 0 Å². The zero-order chi connectivity index (χ0) is 11.6. The lowest BCUT2D eigenvalue weighted by Crippen LogP contribution is -2.52. The monoisotopic (exact) mass is 255 g/mol. The van der Waals surface area contributed by atoms with E-state index in [4.69, 9.17) is 16.3 Å². The highest BCUT2D eigenvalue weighted by Gasteiger charge is 2.35. The summed E-state index contributed by atoms with van der Waals surface area (Å²) in [5.41, 5.74) is 0. The molecule has 0 amide bonds. The van der Waals surface area contributed by atoms with E-state index in [9.17, 15) is 8.42 Å². The second-order valence-electron chi connectivity index (χ2n) is 4.07.